The molecule has 1 aromatic rings. The van der Waals surface area contributed by atoms with Gasteiger partial charge in [0.05, 0.1) is 0 Å². The molecule has 0 aliphatic heterocycles. The number of amides is 2. The van der Waals surface area contributed by atoms with Crippen molar-refractivity contribution in [2.75, 3.05) is 0 Å². The summed E-state index contributed by atoms with van der Waals surface area (Å²) in [5.74, 6) is 1.13. The smallest absolute Gasteiger partial charge is 0.251 e. The zero-order valence-corrected chi connectivity index (χ0v) is 15.1. The van der Waals surface area contributed by atoms with Crippen LogP contribution in [0, 0.1) is 11.8 Å². The Hall–Kier alpha value is -2.10. The minimum absolute atomic E-state index is 0.0174. The molecule has 1 aromatic carbocycles. The van der Waals surface area contributed by atoms with Crippen LogP contribution in [-0.4, -0.2) is 23.9 Å². The van der Waals surface area contributed by atoms with Crippen LogP contribution >= 0.6 is 0 Å². The third kappa shape index (κ3) is 4.94. The first-order chi connectivity index (χ1) is 12.0. The average molecular weight is 340 g/mol. The van der Waals surface area contributed by atoms with E-state index in [0.717, 1.165) is 24.8 Å². The summed E-state index contributed by atoms with van der Waals surface area (Å²) in [5.41, 5.74) is 1.58. The van der Waals surface area contributed by atoms with Gasteiger partial charge in [-0.1, -0.05) is 38.8 Å². The molecule has 2 saturated carbocycles. The maximum Gasteiger partial charge on any atom is 0.251 e. The summed E-state index contributed by atoms with van der Waals surface area (Å²) < 4.78 is 0. The molecule has 3 unspecified atom stereocenters. The van der Waals surface area contributed by atoms with Crippen LogP contribution in [-0.2, 0) is 4.79 Å². The summed E-state index contributed by atoms with van der Waals surface area (Å²) in [7, 11) is 0. The van der Waals surface area contributed by atoms with E-state index < -0.39 is 0 Å². The van der Waals surface area contributed by atoms with Gasteiger partial charge < -0.3 is 10.6 Å². The van der Waals surface area contributed by atoms with E-state index in [9.17, 15) is 9.59 Å². The molecule has 0 spiro atoms. The second-order valence-electron chi connectivity index (χ2n) is 7.59. The standard InChI is InChI=1S/C21H28N2O2/c1-14-4-3-5-19(15(14)2)23-20(24)13-8-16-6-9-17(10-7-16)21(25)22-18-11-12-18/h6-10,13-15,18-19H,3-5,11-12H2,1-2H3,(H,22,25)(H,23,24)/b13-8+. The summed E-state index contributed by atoms with van der Waals surface area (Å²) in [5, 5.41) is 6.11. The van der Waals surface area contributed by atoms with E-state index in [0.29, 0.717) is 23.4 Å². The van der Waals surface area contributed by atoms with Crippen LogP contribution in [0.2, 0.25) is 0 Å². The Morgan fingerprint density at radius 1 is 1.00 bits per heavy atom. The lowest BCUT2D eigenvalue weighted by molar-refractivity contribution is -0.117. The van der Waals surface area contributed by atoms with Gasteiger partial charge in [-0.2, -0.15) is 0 Å². The zero-order valence-electron chi connectivity index (χ0n) is 15.1. The highest BCUT2D eigenvalue weighted by Gasteiger charge is 2.27. The topological polar surface area (TPSA) is 58.2 Å². The average Bonchev–Trinajstić information content (AvgIpc) is 3.41. The van der Waals surface area contributed by atoms with Crippen molar-refractivity contribution in [3.8, 4) is 0 Å². The van der Waals surface area contributed by atoms with Gasteiger partial charge in [0.25, 0.3) is 5.91 Å². The van der Waals surface area contributed by atoms with Crippen molar-refractivity contribution in [3.05, 3.63) is 41.5 Å². The molecule has 25 heavy (non-hydrogen) atoms. The highest BCUT2D eigenvalue weighted by molar-refractivity contribution is 5.95. The van der Waals surface area contributed by atoms with Crippen molar-refractivity contribution >= 4 is 17.9 Å². The Morgan fingerprint density at radius 3 is 2.40 bits per heavy atom. The van der Waals surface area contributed by atoms with Gasteiger partial charge in [0.15, 0.2) is 0 Å². The van der Waals surface area contributed by atoms with Crippen molar-refractivity contribution in [3.63, 3.8) is 0 Å². The van der Waals surface area contributed by atoms with Crippen molar-refractivity contribution < 1.29 is 9.59 Å². The van der Waals surface area contributed by atoms with Crippen LogP contribution in [0.3, 0.4) is 0 Å². The second kappa shape index (κ2) is 7.85. The maximum absolute atomic E-state index is 12.2. The molecule has 4 heteroatoms. The molecule has 2 amide bonds. The number of hydrogen-bond acceptors (Lipinski definition) is 2. The maximum atomic E-state index is 12.2. The fourth-order valence-corrected chi connectivity index (χ4v) is 3.43. The molecule has 0 radical (unpaired) electrons. The predicted molar refractivity (Wildman–Crippen MR) is 100 cm³/mol. The van der Waals surface area contributed by atoms with E-state index in [1.165, 1.54) is 12.8 Å². The normalized spacial score (nSPS) is 26.4. The van der Waals surface area contributed by atoms with Crippen LogP contribution in [0.5, 0.6) is 0 Å². The van der Waals surface area contributed by atoms with E-state index in [4.69, 9.17) is 0 Å². The number of rotatable bonds is 5. The first-order valence-electron chi connectivity index (χ1n) is 9.42. The van der Waals surface area contributed by atoms with Crippen LogP contribution in [0.15, 0.2) is 30.3 Å². The number of carbonyl (C=O) groups excluding carboxylic acids is 2. The molecule has 2 aliphatic rings. The van der Waals surface area contributed by atoms with E-state index in [-0.39, 0.29) is 17.9 Å². The summed E-state index contributed by atoms with van der Waals surface area (Å²) in [6, 6.07) is 7.99. The molecule has 0 aromatic heterocycles. The van der Waals surface area contributed by atoms with Crippen LogP contribution in [0.4, 0.5) is 0 Å². The third-order valence-electron chi connectivity index (χ3n) is 5.55. The van der Waals surface area contributed by atoms with Crippen molar-refractivity contribution in [1.29, 1.82) is 0 Å². The lowest BCUT2D eigenvalue weighted by Crippen LogP contribution is -2.43. The summed E-state index contributed by atoms with van der Waals surface area (Å²) in [6.45, 7) is 4.49. The fourth-order valence-electron chi connectivity index (χ4n) is 3.43. The first kappa shape index (κ1) is 17.7. The first-order valence-corrected chi connectivity index (χ1v) is 9.42. The van der Waals surface area contributed by atoms with Crippen molar-refractivity contribution in [1.82, 2.24) is 10.6 Å². The number of carbonyl (C=O) groups is 2. The Kier molecular flexibility index (Phi) is 5.57. The second-order valence-corrected chi connectivity index (χ2v) is 7.59. The van der Waals surface area contributed by atoms with Gasteiger partial charge >= 0.3 is 0 Å². The minimum atomic E-state index is -0.0403. The van der Waals surface area contributed by atoms with E-state index in [1.807, 2.05) is 12.1 Å². The summed E-state index contributed by atoms with van der Waals surface area (Å²) in [4.78, 5) is 24.1. The highest BCUT2D eigenvalue weighted by atomic mass is 16.2. The van der Waals surface area contributed by atoms with Crippen LogP contribution in [0.25, 0.3) is 6.08 Å². The van der Waals surface area contributed by atoms with E-state index in [2.05, 4.69) is 24.5 Å². The molecular formula is C21H28N2O2. The van der Waals surface area contributed by atoms with Crippen LogP contribution in [0.1, 0.15) is 61.9 Å². The number of hydrogen-bond donors (Lipinski definition) is 2. The SMILES string of the molecule is CC1CCCC(NC(=O)/C=C/c2ccc(C(=O)NC3CC3)cc2)C1C. The van der Waals surface area contributed by atoms with Gasteiger partial charge in [-0.15, -0.1) is 0 Å². The van der Waals surface area contributed by atoms with Gasteiger partial charge in [0.2, 0.25) is 5.91 Å². The third-order valence-corrected chi connectivity index (χ3v) is 5.55. The van der Waals surface area contributed by atoms with Gasteiger partial charge in [0, 0.05) is 23.7 Å². The highest BCUT2D eigenvalue weighted by Crippen LogP contribution is 2.29. The van der Waals surface area contributed by atoms with Gasteiger partial charge in [-0.3, -0.25) is 9.59 Å². The lowest BCUT2D eigenvalue weighted by atomic mass is 9.78. The molecule has 0 bridgehead atoms. The number of nitrogens with one attached hydrogen (secondary N) is 2. The Bertz CT molecular complexity index is 646. The fraction of sp³-hybridized carbons (Fsp3) is 0.524. The molecule has 3 atom stereocenters. The van der Waals surface area contributed by atoms with Gasteiger partial charge in [0.1, 0.15) is 0 Å². The predicted octanol–water partition coefficient (Wildman–Crippen LogP) is 3.53. The minimum Gasteiger partial charge on any atom is -0.350 e. The van der Waals surface area contributed by atoms with E-state index in [1.54, 1.807) is 24.3 Å². The largest absolute Gasteiger partial charge is 0.350 e. The monoisotopic (exact) mass is 340 g/mol. The molecule has 0 heterocycles. The van der Waals surface area contributed by atoms with Crippen LogP contribution < -0.4 is 10.6 Å². The Labute approximate surface area is 150 Å². The van der Waals surface area contributed by atoms with Gasteiger partial charge in [-0.25, -0.2) is 0 Å². The molecular weight excluding hydrogens is 312 g/mol. The van der Waals surface area contributed by atoms with Crippen molar-refractivity contribution in [2.45, 2.75) is 58.0 Å². The molecule has 3 rings (SSSR count). The van der Waals surface area contributed by atoms with Gasteiger partial charge in [-0.05, 0) is 54.9 Å². The summed E-state index contributed by atoms with van der Waals surface area (Å²) in [6.07, 6.45) is 9.06. The molecule has 134 valence electrons. The lowest BCUT2D eigenvalue weighted by Gasteiger charge is -2.34. The summed E-state index contributed by atoms with van der Waals surface area (Å²) >= 11 is 0. The molecule has 0 saturated heterocycles. The number of benzene rings is 1. The zero-order chi connectivity index (χ0) is 17.8. The Morgan fingerprint density at radius 2 is 1.72 bits per heavy atom. The Balaban J connectivity index is 1.52. The quantitative estimate of drug-likeness (QED) is 0.806. The molecule has 2 fully saturated rings. The molecule has 4 nitrogen and oxygen atoms in total. The molecule has 2 aliphatic carbocycles. The van der Waals surface area contributed by atoms with Crippen molar-refractivity contribution in [2.24, 2.45) is 11.8 Å². The van der Waals surface area contributed by atoms with E-state index >= 15 is 0 Å². The molecule has 2 N–H and O–H groups in total.